The Bertz CT molecular complexity index is 1010. The van der Waals surface area contributed by atoms with E-state index in [-0.39, 0.29) is 0 Å². The second-order valence-corrected chi connectivity index (χ2v) is 7.16. The summed E-state index contributed by atoms with van der Waals surface area (Å²) in [6.07, 6.45) is 3.68. The predicted molar refractivity (Wildman–Crippen MR) is 109 cm³/mol. The number of hydrogen-bond acceptors (Lipinski definition) is 8. The molecule has 1 fully saturated rings. The summed E-state index contributed by atoms with van der Waals surface area (Å²) in [7, 11) is 4.83. The van der Waals surface area contributed by atoms with Crippen molar-refractivity contribution in [2.24, 2.45) is 0 Å². The van der Waals surface area contributed by atoms with Crippen molar-refractivity contribution in [2.45, 2.75) is 32.7 Å². The summed E-state index contributed by atoms with van der Waals surface area (Å²) < 4.78 is 18.9. The molecular weight excluding hydrogens is 372 g/mol. The van der Waals surface area contributed by atoms with Crippen molar-refractivity contribution in [3.8, 4) is 17.2 Å². The summed E-state index contributed by atoms with van der Waals surface area (Å²) in [6, 6.07) is 2.34. The maximum absolute atomic E-state index is 5.62. The van der Waals surface area contributed by atoms with Gasteiger partial charge in [-0.05, 0) is 32.8 Å². The van der Waals surface area contributed by atoms with Crippen LogP contribution in [0.5, 0.6) is 17.2 Å². The molecule has 0 atom stereocenters. The van der Waals surface area contributed by atoms with Crippen LogP contribution in [0, 0.1) is 13.8 Å². The largest absolute Gasteiger partial charge is 0.493 e. The Morgan fingerprint density at radius 3 is 2.10 bits per heavy atom. The lowest BCUT2D eigenvalue weighted by atomic mass is 10.0. The zero-order valence-corrected chi connectivity index (χ0v) is 17.5. The van der Waals surface area contributed by atoms with Gasteiger partial charge in [-0.15, -0.1) is 15.3 Å². The number of aryl methyl sites for hydroxylation is 2. The highest BCUT2D eigenvalue weighted by molar-refractivity contribution is 5.99. The number of rotatable bonds is 5. The van der Waals surface area contributed by atoms with Crippen LogP contribution in [0.2, 0.25) is 0 Å². The molecule has 0 bridgehead atoms. The first kappa shape index (κ1) is 19.2. The maximum Gasteiger partial charge on any atom is 0.204 e. The third-order valence-electron chi connectivity index (χ3n) is 5.61. The fourth-order valence-electron chi connectivity index (χ4n) is 4.26. The molecule has 0 aliphatic carbocycles. The molecule has 1 saturated heterocycles. The Morgan fingerprint density at radius 1 is 0.862 bits per heavy atom. The van der Waals surface area contributed by atoms with E-state index in [4.69, 9.17) is 14.2 Å². The number of nitrogens with zero attached hydrogens (tertiary/aromatic N) is 6. The van der Waals surface area contributed by atoms with Gasteiger partial charge in [-0.2, -0.15) is 5.10 Å². The molecule has 29 heavy (non-hydrogen) atoms. The quantitative estimate of drug-likeness (QED) is 0.648. The second kappa shape index (κ2) is 7.73. The van der Waals surface area contributed by atoms with Crippen molar-refractivity contribution in [3.63, 3.8) is 0 Å². The Hall–Kier alpha value is -3.10. The van der Waals surface area contributed by atoms with Gasteiger partial charge in [0.05, 0.1) is 32.9 Å². The van der Waals surface area contributed by atoms with Gasteiger partial charge < -0.3 is 23.7 Å². The van der Waals surface area contributed by atoms with Crippen LogP contribution >= 0.6 is 0 Å². The van der Waals surface area contributed by atoms with Gasteiger partial charge in [0.2, 0.25) is 5.75 Å². The van der Waals surface area contributed by atoms with Crippen LogP contribution in [0.25, 0.3) is 10.8 Å². The minimum absolute atomic E-state index is 0.397. The van der Waals surface area contributed by atoms with Gasteiger partial charge >= 0.3 is 0 Å². The topological polar surface area (TPSA) is 87.4 Å². The third-order valence-corrected chi connectivity index (χ3v) is 5.61. The Labute approximate surface area is 169 Å². The summed E-state index contributed by atoms with van der Waals surface area (Å²) in [4.78, 5) is 2.27. The van der Waals surface area contributed by atoms with Gasteiger partial charge in [-0.25, -0.2) is 0 Å². The molecule has 1 aliphatic rings. The zero-order valence-electron chi connectivity index (χ0n) is 17.5. The Balaban J connectivity index is 1.68. The van der Waals surface area contributed by atoms with Crippen LogP contribution < -0.4 is 19.1 Å². The molecule has 9 nitrogen and oxygen atoms in total. The van der Waals surface area contributed by atoms with Crippen LogP contribution in [-0.2, 0) is 0 Å². The lowest BCUT2D eigenvalue weighted by Crippen LogP contribution is -2.36. The van der Waals surface area contributed by atoms with Gasteiger partial charge in [0, 0.05) is 24.5 Å². The number of anilines is 1. The first-order valence-electron chi connectivity index (χ1n) is 9.66. The highest BCUT2D eigenvalue weighted by Gasteiger charge is 2.27. The van der Waals surface area contributed by atoms with Gasteiger partial charge in [0.15, 0.2) is 17.3 Å². The highest BCUT2D eigenvalue weighted by Crippen LogP contribution is 2.45. The Kier molecular flexibility index (Phi) is 5.12. The standard InChI is InChI=1S/C20H26N6O3/c1-12-22-23-13(2)26(12)14-6-8-25(9-7-14)20-15-10-17(27-3)19(29-5)18(28-4)16(15)11-21-24-20/h10-11,14H,6-9H2,1-5H3. The zero-order chi connectivity index (χ0) is 20.5. The molecule has 0 spiro atoms. The molecule has 154 valence electrons. The van der Waals surface area contributed by atoms with Gasteiger partial charge in [0.25, 0.3) is 0 Å². The highest BCUT2D eigenvalue weighted by atomic mass is 16.5. The van der Waals surface area contributed by atoms with Crippen LogP contribution in [0.3, 0.4) is 0 Å². The molecule has 0 saturated carbocycles. The number of ether oxygens (including phenoxy) is 3. The minimum Gasteiger partial charge on any atom is -0.493 e. The number of methoxy groups -OCH3 is 3. The molecule has 0 radical (unpaired) electrons. The lowest BCUT2D eigenvalue weighted by Gasteiger charge is -2.34. The molecule has 4 rings (SSSR count). The van der Waals surface area contributed by atoms with Crippen molar-refractivity contribution >= 4 is 16.6 Å². The minimum atomic E-state index is 0.397. The summed E-state index contributed by atoms with van der Waals surface area (Å²) in [5, 5.41) is 18.9. The van der Waals surface area contributed by atoms with Crippen molar-refractivity contribution in [1.82, 2.24) is 25.0 Å². The lowest BCUT2D eigenvalue weighted by molar-refractivity contribution is 0.327. The van der Waals surface area contributed by atoms with Crippen molar-refractivity contribution < 1.29 is 14.2 Å². The first-order chi connectivity index (χ1) is 14.1. The van der Waals surface area contributed by atoms with E-state index in [1.165, 1.54) is 0 Å². The normalized spacial score (nSPS) is 15.0. The van der Waals surface area contributed by atoms with Crippen LogP contribution in [-0.4, -0.2) is 59.4 Å². The maximum atomic E-state index is 5.62. The molecular formula is C20H26N6O3. The van der Waals surface area contributed by atoms with Crippen LogP contribution in [0.4, 0.5) is 5.82 Å². The number of fused-ring (bicyclic) bond motifs is 1. The number of aromatic nitrogens is 5. The van der Waals surface area contributed by atoms with E-state index in [9.17, 15) is 0 Å². The van der Waals surface area contributed by atoms with Gasteiger partial charge in [0.1, 0.15) is 11.6 Å². The van der Waals surface area contributed by atoms with Gasteiger partial charge in [-0.3, -0.25) is 0 Å². The summed E-state index contributed by atoms with van der Waals surface area (Å²) in [6.45, 7) is 5.75. The molecule has 1 aliphatic heterocycles. The van der Waals surface area contributed by atoms with E-state index >= 15 is 0 Å². The van der Waals surface area contributed by atoms with Crippen LogP contribution in [0.15, 0.2) is 12.3 Å². The molecule has 0 amide bonds. The molecule has 2 aromatic heterocycles. The van der Waals surface area contributed by atoms with Crippen molar-refractivity contribution in [3.05, 3.63) is 23.9 Å². The van der Waals surface area contributed by atoms with Crippen molar-refractivity contribution in [2.75, 3.05) is 39.3 Å². The molecule has 9 heteroatoms. The number of piperidine rings is 1. The van der Waals surface area contributed by atoms with E-state index in [0.29, 0.717) is 23.3 Å². The third kappa shape index (κ3) is 3.20. The molecule has 1 aromatic carbocycles. The number of benzene rings is 1. The fourth-order valence-corrected chi connectivity index (χ4v) is 4.26. The SMILES string of the molecule is COc1cc2c(N3CCC(n4c(C)nnc4C)CC3)nncc2c(OC)c1OC. The molecule has 3 heterocycles. The molecule has 0 unspecified atom stereocenters. The van der Waals surface area contributed by atoms with E-state index in [1.807, 2.05) is 19.9 Å². The monoisotopic (exact) mass is 398 g/mol. The fraction of sp³-hybridized carbons (Fsp3) is 0.500. The van der Waals surface area contributed by atoms with E-state index < -0.39 is 0 Å². The molecule has 0 N–H and O–H groups in total. The van der Waals surface area contributed by atoms with E-state index in [1.54, 1.807) is 27.5 Å². The Morgan fingerprint density at radius 2 is 1.52 bits per heavy atom. The predicted octanol–water partition coefficient (Wildman–Crippen LogP) is 2.71. The average molecular weight is 398 g/mol. The summed E-state index contributed by atoms with van der Waals surface area (Å²) in [5.41, 5.74) is 0. The summed E-state index contributed by atoms with van der Waals surface area (Å²) in [5.74, 6) is 4.52. The summed E-state index contributed by atoms with van der Waals surface area (Å²) >= 11 is 0. The smallest absolute Gasteiger partial charge is 0.204 e. The molecule has 3 aromatic rings. The van der Waals surface area contributed by atoms with E-state index in [2.05, 4.69) is 29.9 Å². The van der Waals surface area contributed by atoms with E-state index in [0.717, 1.165) is 54.2 Å². The number of hydrogen-bond donors (Lipinski definition) is 0. The average Bonchev–Trinajstić information content (AvgIpc) is 3.09. The first-order valence-corrected chi connectivity index (χ1v) is 9.66. The second-order valence-electron chi connectivity index (χ2n) is 7.16. The van der Waals surface area contributed by atoms with Crippen molar-refractivity contribution in [1.29, 1.82) is 0 Å². The van der Waals surface area contributed by atoms with Crippen LogP contribution in [0.1, 0.15) is 30.5 Å². The van der Waals surface area contributed by atoms with Gasteiger partial charge in [-0.1, -0.05) is 0 Å².